The minimum Gasteiger partial charge on any atom is -0.310 e. The van der Waals surface area contributed by atoms with Gasteiger partial charge in [-0.1, -0.05) is 19.8 Å². The van der Waals surface area contributed by atoms with E-state index in [0.29, 0.717) is 6.04 Å². The van der Waals surface area contributed by atoms with E-state index in [-0.39, 0.29) is 0 Å². The molecule has 1 aromatic rings. The Labute approximate surface area is 111 Å². The lowest BCUT2D eigenvalue weighted by Crippen LogP contribution is -2.22. The minimum absolute atomic E-state index is 0.519. The molecule has 1 unspecified atom stereocenters. The maximum atomic E-state index is 4.48. The summed E-state index contributed by atoms with van der Waals surface area (Å²) in [6, 6.07) is 5.01. The van der Waals surface area contributed by atoms with E-state index in [2.05, 4.69) is 43.2 Å². The summed E-state index contributed by atoms with van der Waals surface area (Å²) in [5.41, 5.74) is 3.70. The van der Waals surface area contributed by atoms with Crippen LogP contribution in [0.3, 0.4) is 0 Å². The standard InChI is InChI=1S/C16H26N2/c1-4-9-17-16(8-7-14-5-6-14)15-10-12(2)18-13(3)11-15/h10-11,14,16-17H,4-9H2,1-3H3. The zero-order valence-electron chi connectivity index (χ0n) is 12.0. The average Bonchev–Trinajstić information content (AvgIpc) is 3.11. The number of nitrogens with zero attached hydrogens (tertiary/aromatic N) is 1. The topological polar surface area (TPSA) is 24.9 Å². The van der Waals surface area contributed by atoms with E-state index in [1.807, 2.05) is 0 Å². The number of rotatable bonds is 7. The van der Waals surface area contributed by atoms with Crippen molar-refractivity contribution in [2.75, 3.05) is 6.54 Å². The van der Waals surface area contributed by atoms with Gasteiger partial charge in [0.15, 0.2) is 0 Å². The van der Waals surface area contributed by atoms with Gasteiger partial charge in [-0.3, -0.25) is 4.98 Å². The van der Waals surface area contributed by atoms with Crippen LogP contribution in [0.1, 0.15) is 62.0 Å². The molecule has 0 amide bonds. The molecule has 0 aromatic carbocycles. The van der Waals surface area contributed by atoms with Gasteiger partial charge in [-0.05, 0) is 63.3 Å². The van der Waals surface area contributed by atoms with E-state index in [4.69, 9.17) is 0 Å². The van der Waals surface area contributed by atoms with Crippen LogP contribution in [-0.4, -0.2) is 11.5 Å². The Morgan fingerprint density at radius 1 is 1.28 bits per heavy atom. The summed E-state index contributed by atoms with van der Waals surface area (Å²) in [6.45, 7) is 7.52. The van der Waals surface area contributed by atoms with Gasteiger partial charge in [-0.2, -0.15) is 0 Å². The molecule has 1 aliphatic rings. The van der Waals surface area contributed by atoms with Crippen molar-refractivity contribution in [1.82, 2.24) is 10.3 Å². The summed E-state index contributed by atoms with van der Waals surface area (Å²) in [4.78, 5) is 4.48. The molecular weight excluding hydrogens is 220 g/mol. The number of hydrogen-bond acceptors (Lipinski definition) is 2. The van der Waals surface area contributed by atoms with Gasteiger partial charge in [0.05, 0.1) is 0 Å². The monoisotopic (exact) mass is 246 g/mol. The quantitative estimate of drug-likeness (QED) is 0.788. The van der Waals surface area contributed by atoms with E-state index in [9.17, 15) is 0 Å². The molecular formula is C16H26N2. The van der Waals surface area contributed by atoms with Crippen LogP contribution in [0, 0.1) is 19.8 Å². The van der Waals surface area contributed by atoms with E-state index in [1.54, 1.807) is 0 Å². The second kappa shape index (κ2) is 6.33. The van der Waals surface area contributed by atoms with Gasteiger partial charge in [0.1, 0.15) is 0 Å². The first-order valence-corrected chi connectivity index (χ1v) is 7.37. The molecule has 100 valence electrons. The molecule has 0 saturated heterocycles. The average molecular weight is 246 g/mol. The Balaban J connectivity index is 2.03. The number of aryl methyl sites for hydroxylation is 2. The molecule has 0 spiro atoms. The Morgan fingerprint density at radius 3 is 2.50 bits per heavy atom. The largest absolute Gasteiger partial charge is 0.310 e. The maximum absolute atomic E-state index is 4.48. The Bertz CT molecular complexity index is 362. The first-order chi connectivity index (χ1) is 8.69. The smallest absolute Gasteiger partial charge is 0.0379 e. The molecule has 2 nitrogen and oxygen atoms in total. The molecule has 1 N–H and O–H groups in total. The van der Waals surface area contributed by atoms with Gasteiger partial charge in [0, 0.05) is 17.4 Å². The third kappa shape index (κ3) is 4.09. The first kappa shape index (κ1) is 13.5. The van der Waals surface area contributed by atoms with Crippen LogP contribution in [-0.2, 0) is 0 Å². The number of nitrogens with one attached hydrogen (secondary N) is 1. The molecule has 18 heavy (non-hydrogen) atoms. The van der Waals surface area contributed by atoms with Crippen molar-refractivity contribution in [3.05, 3.63) is 29.1 Å². The van der Waals surface area contributed by atoms with Crippen LogP contribution in [0.25, 0.3) is 0 Å². The lowest BCUT2D eigenvalue weighted by atomic mass is 9.99. The predicted octanol–water partition coefficient (Wildman–Crippen LogP) is 3.93. The fraction of sp³-hybridized carbons (Fsp3) is 0.688. The van der Waals surface area contributed by atoms with Crippen molar-refractivity contribution in [2.45, 2.75) is 58.9 Å². The Hall–Kier alpha value is -0.890. The molecule has 2 heteroatoms. The van der Waals surface area contributed by atoms with Crippen LogP contribution >= 0.6 is 0 Å². The fourth-order valence-electron chi connectivity index (χ4n) is 2.58. The number of hydrogen-bond donors (Lipinski definition) is 1. The van der Waals surface area contributed by atoms with Crippen LogP contribution < -0.4 is 5.32 Å². The second-order valence-corrected chi connectivity index (χ2v) is 5.71. The van der Waals surface area contributed by atoms with Gasteiger partial charge < -0.3 is 5.32 Å². The molecule has 0 aliphatic heterocycles. The van der Waals surface area contributed by atoms with Crippen molar-refractivity contribution in [3.63, 3.8) is 0 Å². The van der Waals surface area contributed by atoms with Crippen LogP contribution in [0.2, 0.25) is 0 Å². The lowest BCUT2D eigenvalue weighted by molar-refractivity contribution is 0.469. The fourth-order valence-corrected chi connectivity index (χ4v) is 2.58. The van der Waals surface area contributed by atoms with Gasteiger partial charge in [-0.15, -0.1) is 0 Å². The summed E-state index contributed by atoms with van der Waals surface area (Å²) in [5, 5.41) is 3.70. The number of aromatic nitrogens is 1. The zero-order chi connectivity index (χ0) is 13.0. The maximum Gasteiger partial charge on any atom is 0.0379 e. The molecule has 0 bridgehead atoms. The van der Waals surface area contributed by atoms with Crippen LogP contribution in [0.15, 0.2) is 12.1 Å². The molecule has 2 rings (SSSR count). The lowest BCUT2D eigenvalue weighted by Gasteiger charge is -2.20. The first-order valence-electron chi connectivity index (χ1n) is 7.37. The Morgan fingerprint density at radius 2 is 1.94 bits per heavy atom. The van der Waals surface area contributed by atoms with Crippen molar-refractivity contribution in [2.24, 2.45) is 5.92 Å². The molecule has 1 aliphatic carbocycles. The Kier molecular flexibility index (Phi) is 4.76. The molecule has 1 fully saturated rings. The highest BCUT2D eigenvalue weighted by Crippen LogP contribution is 2.36. The van der Waals surface area contributed by atoms with Crippen molar-refractivity contribution in [3.8, 4) is 0 Å². The van der Waals surface area contributed by atoms with Crippen LogP contribution in [0.4, 0.5) is 0 Å². The highest BCUT2D eigenvalue weighted by atomic mass is 14.9. The van der Waals surface area contributed by atoms with E-state index in [0.717, 1.165) is 23.9 Å². The zero-order valence-corrected chi connectivity index (χ0v) is 12.0. The molecule has 1 saturated carbocycles. The summed E-state index contributed by atoms with van der Waals surface area (Å²) in [7, 11) is 0. The van der Waals surface area contributed by atoms with Crippen molar-refractivity contribution < 1.29 is 0 Å². The molecule has 1 atom stereocenters. The summed E-state index contributed by atoms with van der Waals surface area (Å²) < 4.78 is 0. The van der Waals surface area contributed by atoms with Crippen LogP contribution in [0.5, 0.6) is 0 Å². The van der Waals surface area contributed by atoms with Gasteiger partial charge in [0.2, 0.25) is 0 Å². The molecule has 1 heterocycles. The summed E-state index contributed by atoms with van der Waals surface area (Å²) >= 11 is 0. The van der Waals surface area contributed by atoms with E-state index >= 15 is 0 Å². The van der Waals surface area contributed by atoms with Crippen molar-refractivity contribution >= 4 is 0 Å². The second-order valence-electron chi connectivity index (χ2n) is 5.71. The normalized spacial score (nSPS) is 16.8. The third-order valence-electron chi connectivity index (χ3n) is 3.71. The highest BCUT2D eigenvalue weighted by molar-refractivity contribution is 5.23. The molecule has 1 aromatic heterocycles. The van der Waals surface area contributed by atoms with E-state index in [1.165, 1.54) is 37.7 Å². The van der Waals surface area contributed by atoms with E-state index < -0.39 is 0 Å². The summed E-state index contributed by atoms with van der Waals surface area (Å²) in [6.07, 6.45) is 6.75. The summed E-state index contributed by atoms with van der Waals surface area (Å²) in [5.74, 6) is 1.01. The number of pyridine rings is 1. The van der Waals surface area contributed by atoms with Gasteiger partial charge >= 0.3 is 0 Å². The minimum atomic E-state index is 0.519. The van der Waals surface area contributed by atoms with Gasteiger partial charge in [0.25, 0.3) is 0 Å². The predicted molar refractivity (Wildman–Crippen MR) is 76.7 cm³/mol. The van der Waals surface area contributed by atoms with Crippen molar-refractivity contribution in [1.29, 1.82) is 0 Å². The van der Waals surface area contributed by atoms with Gasteiger partial charge in [-0.25, -0.2) is 0 Å². The SMILES string of the molecule is CCCNC(CCC1CC1)c1cc(C)nc(C)c1. The molecule has 0 radical (unpaired) electrons. The highest BCUT2D eigenvalue weighted by Gasteiger charge is 2.23. The third-order valence-corrected chi connectivity index (χ3v) is 3.71.